The van der Waals surface area contributed by atoms with Crippen molar-refractivity contribution in [3.8, 4) is 11.5 Å². The molecule has 2 rings (SSSR count). The number of hydrogen-bond acceptors (Lipinski definition) is 5. The van der Waals surface area contributed by atoms with Gasteiger partial charge >= 0.3 is 11.9 Å². The summed E-state index contributed by atoms with van der Waals surface area (Å²) in [5.74, 6) is -0.102. The molecule has 0 aliphatic rings. The molecule has 5 nitrogen and oxygen atoms in total. The Bertz CT molecular complexity index is 750. The summed E-state index contributed by atoms with van der Waals surface area (Å²) in [6.07, 6.45) is 3.64. The standard InChI is InChI=1S/C20H20O5/c1-15(21)25-18-10-8-17(14-19(18)23-2)9-11-20(22)24-13-12-16-6-4-3-5-7-16/h3-11,14H,12-13H2,1-2H3/b11-9+. The summed E-state index contributed by atoms with van der Waals surface area (Å²) in [5.41, 5.74) is 1.85. The van der Waals surface area contributed by atoms with E-state index in [2.05, 4.69) is 0 Å². The van der Waals surface area contributed by atoms with Gasteiger partial charge in [0, 0.05) is 19.4 Å². The van der Waals surface area contributed by atoms with Gasteiger partial charge in [-0.3, -0.25) is 4.79 Å². The third-order valence-corrected chi connectivity index (χ3v) is 3.33. The number of benzene rings is 2. The van der Waals surface area contributed by atoms with Crippen LogP contribution in [0.5, 0.6) is 11.5 Å². The Morgan fingerprint density at radius 3 is 2.48 bits per heavy atom. The van der Waals surface area contributed by atoms with E-state index in [0.29, 0.717) is 24.5 Å². The van der Waals surface area contributed by atoms with Crippen LogP contribution in [0.4, 0.5) is 0 Å². The highest BCUT2D eigenvalue weighted by molar-refractivity contribution is 5.87. The lowest BCUT2D eigenvalue weighted by molar-refractivity contribution is -0.137. The van der Waals surface area contributed by atoms with Crippen LogP contribution in [-0.4, -0.2) is 25.7 Å². The third-order valence-electron chi connectivity index (χ3n) is 3.33. The first-order valence-corrected chi connectivity index (χ1v) is 7.83. The van der Waals surface area contributed by atoms with Crippen LogP contribution in [0.15, 0.2) is 54.6 Å². The smallest absolute Gasteiger partial charge is 0.330 e. The van der Waals surface area contributed by atoms with Crippen molar-refractivity contribution in [1.29, 1.82) is 0 Å². The molecule has 0 bridgehead atoms. The minimum atomic E-state index is -0.427. The predicted octanol–water partition coefficient (Wildman–Crippen LogP) is 3.42. The zero-order valence-electron chi connectivity index (χ0n) is 14.2. The fraction of sp³-hybridized carbons (Fsp3) is 0.200. The van der Waals surface area contributed by atoms with Crippen molar-refractivity contribution in [2.24, 2.45) is 0 Å². The molecule has 0 saturated carbocycles. The Labute approximate surface area is 146 Å². The first-order valence-electron chi connectivity index (χ1n) is 7.83. The monoisotopic (exact) mass is 340 g/mol. The first kappa shape index (κ1) is 18.3. The summed E-state index contributed by atoms with van der Waals surface area (Å²) >= 11 is 0. The second-order valence-corrected chi connectivity index (χ2v) is 5.24. The molecule has 0 radical (unpaired) electrons. The number of esters is 2. The molecule has 0 heterocycles. The lowest BCUT2D eigenvalue weighted by Crippen LogP contribution is -2.04. The van der Waals surface area contributed by atoms with Gasteiger partial charge in [0.1, 0.15) is 0 Å². The Morgan fingerprint density at radius 2 is 1.80 bits per heavy atom. The zero-order chi connectivity index (χ0) is 18.1. The normalized spacial score (nSPS) is 10.5. The van der Waals surface area contributed by atoms with E-state index in [1.807, 2.05) is 30.3 Å². The van der Waals surface area contributed by atoms with Crippen molar-refractivity contribution < 1.29 is 23.8 Å². The molecule has 0 aromatic heterocycles. The molecule has 0 unspecified atom stereocenters. The maximum absolute atomic E-state index is 11.8. The van der Waals surface area contributed by atoms with Crippen molar-refractivity contribution >= 4 is 18.0 Å². The Balaban J connectivity index is 1.89. The van der Waals surface area contributed by atoms with E-state index < -0.39 is 11.9 Å². The van der Waals surface area contributed by atoms with Crippen LogP contribution < -0.4 is 9.47 Å². The molecule has 0 aliphatic heterocycles. The number of methoxy groups -OCH3 is 1. The fourth-order valence-electron chi connectivity index (χ4n) is 2.15. The van der Waals surface area contributed by atoms with Gasteiger partial charge in [0.25, 0.3) is 0 Å². The van der Waals surface area contributed by atoms with Crippen molar-refractivity contribution in [3.63, 3.8) is 0 Å². The van der Waals surface area contributed by atoms with Gasteiger partial charge in [-0.1, -0.05) is 36.4 Å². The molecule has 0 atom stereocenters. The quantitative estimate of drug-likeness (QED) is 0.439. The number of rotatable bonds is 7. The van der Waals surface area contributed by atoms with Gasteiger partial charge in [0.2, 0.25) is 0 Å². The van der Waals surface area contributed by atoms with Crippen LogP contribution in [0.25, 0.3) is 6.08 Å². The van der Waals surface area contributed by atoms with E-state index in [1.54, 1.807) is 24.3 Å². The largest absolute Gasteiger partial charge is 0.493 e. The molecule has 0 spiro atoms. The van der Waals surface area contributed by atoms with Gasteiger partial charge < -0.3 is 14.2 Å². The van der Waals surface area contributed by atoms with Crippen molar-refractivity contribution in [3.05, 3.63) is 65.7 Å². The Morgan fingerprint density at radius 1 is 1.04 bits per heavy atom. The minimum absolute atomic E-state index is 0.321. The lowest BCUT2D eigenvalue weighted by atomic mass is 10.2. The lowest BCUT2D eigenvalue weighted by Gasteiger charge is -2.08. The van der Waals surface area contributed by atoms with Gasteiger partial charge in [0.05, 0.1) is 13.7 Å². The highest BCUT2D eigenvalue weighted by Crippen LogP contribution is 2.28. The topological polar surface area (TPSA) is 61.8 Å². The van der Waals surface area contributed by atoms with Gasteiger partial charge in [0.15, 0.2) is 11.5 Å². The maximum atomic E-state index is 11.8. The van der Waals surface area contributed by atoms with Crippen LogP contribution in [0.1, 0.15) is 18.1 Å². The van der Waals surface area contributed by atoms with Gasteiger partial charge in [-0.25, -0.2) is 4.79 Å². The van der Waals surface area contributed by atoms with E-state index in [9.17, 15) is 9.59 Å². The highest BCUT2D eigenvalue weighted by Gasteiger charge is 2.07. The van der Waals surface area contributed by atoms with E-state index >= 15 is 0 Å². The summed E-state index contributed by atoms with van der Waals surface area (Å²) in [5, 5.41) is 0. The number of hydrogen-bond donors (Lipinski definition) is 0. The molecule has 2 aromatic rings. The molecule has 25 heavy (non-hydrogen) atoms. The SMILES string of the molecule is COc1cc(/C=C/C(=O)OCCc2ccccc2)ccc1OC(C)=O. The molecular formula is C20H20O5. The van der Waals surface area contributed by atoms with Gasteiger partial charge in [-0.05, 0) is 29.3 Å². The number of ether oxygens (including phenoxy) is 3. The van der Waals surface area contributed by atoms with Crippen LogP contribution in [-0.2, 0) is 20.7 Å². The van der Waals surface area contributed by atoms with Gasteiger partial charge in [-0.2, -0.15) is 0 Å². The third kappa shape index (κ3) is 6.14. The number of carbonyl (C=O) groups is 2. The molecule has 5 heteroatoms. The highest BCUT2D eigenvalue weighted by atomic mass is 16.6. The van der Waals surface area contributed by atoms with Gasteiger partial charge in [-0.15, -0.1) is 0 Å². The van der Waals surface area contributed by atoms with Crippen LogP contribution in [0.3, 0.4) is 0 Å². The summed E-state index contributed by atoms with van der Waals surface area (Å²) in [6.45, 7) is 1.64. The van der Waals surface area contributed by atoms with E-state index in [-0.39, 0.29) is 0 Å². The average Bonchev–Trinajstić information content (AvgIpc) is 2.61. The van der Waals surface area contributed by atoms with E-state index in [4.69, 9.17) is 14.2 Å². The first-order chi connectivity index (χ1) is 12.1. The molecular weight excluding hydrogens is 320 g/mol. The summed E-state index contributed by atoms with van der Waals surface area (Å²) in [6, 6.07) is 14.8. The maximum Gasteiger partial charge on any atom is 0.330 e. The number of carbonyl (C=O) groups excluding carboxylic acids is 2. The Hall–Kier alpha value is -3.08. The van der Waals surface area contributed by atoms with Crippen molar-refractivity contribution in [2.75, 3.05) is 13.7 Å². The molecule has 0 amide bonds. The van der Waals surface area contributed by atoms with Crippen LogP contribution in [0, 0.1) is 0 Å². The summed E-state index contributed by atoms with van der Waals surface area (Å²) in [7, 11) is 1.48. The summed E-state index contributed by atoms with van der Waals surface area (Å²) < 4.78 is 15.4. The minimum Gasteiger partial charge on any atom is -0.493 e. The molecule has 0 fully saturated rings. The molecule has 130 valence electrons. The predicted molar refractivity (Wildman–Crippen MR) is 94.4 cm³/mol. The molecule has 2 aromatic carbocycles. The van der Waals surface area contributed by atoms with Crippen LogP contribution in [0.2, 0.25) is 0 Å². The Kier molecular flexibility index (Phi) is 6.77. The molecule has 0 saturated heterocycles. The molecule has 0 N–H and O–H groups in total. The van der Waals surface area contributed by atoms with E-state index in [1.165, 1.54) is 20.1 Å². The second kappa shape index (κ2) is 9.27. The zero-order valence-corrected chi connectivity index (χ0v) is 14.2. The summed E-state index contributed by atoms with van der Waals surface area (Å²) in [4.78, 5) is 22.8. The average molecular weight is 340 g/mol. The fourth-order valence-corrected chi connectivity index (χ4v) is 2.15. The van der Waals surface area contributed by atoms with Crippen LogP contribution >= 0.6 is 0 Å². The van der Waals surface area contributed by atoms with Crippen molar-refractivity contribution in [2.45, 2.75) is 13.3 Å². The van der Waals surface area contributed by atoms with E-state index in [0.717, 1.165) is 11.1 Å². The second-order valence-electron chi connectivity index (χ2n) is 5.24. The van der Waals surface area contributed by atoms with Crippen molar-refractivity contribution in [1.82, 2.24) is 0 Å². The molecule has 0 aliphatic carbocycles.